The number of rotatable bonds is 4. The number of pyridine rings is 1. The molecule has 4 nitrogen and oxygen atoms in total. The van der Waals surface area contributed by atoms with Crippen LogP contribution >= 0.6 is 0 Å². The van der Waals surface area contributed by atoms with E-state index in [1.54, 1.807) is 6.92 Å². The van der Waals surface area contributed by atoms with Crippen LogP contribution in [0.2, 0.25) is 0 Å². The lowest BCUT2D eigenvalue weighted by Crippen LogP contribution is -2.15. The van der Waals surface area contributed by atoms with Gasteiger partial charge in [-0.25, -0.2) is 18.6 Å². The fourth-order valence-electron chi connectivity index (χ4n) is 1.26. The van der Waals surface area contributed by atoms with E-state index in [9.17, 15) is 18.0 Å². The van der Waals surface area contributed by atoms with Gasteiger partial charge in [0.15, 0.2) is 0 Å². The quantitative estimate of drug-likeness (QED) is 0.651. The van der Waals surface area contributed by atoms with Gasteiger partial charge in [-0.1, -0.05) is 0 Å². The van der Waals surface area contributed by atoms with E-state index in [1.165, 1.54) is 0 Å². The predicted molar refractivity (Wildman–Crippen MR) is 53.0 cm³/mol. The maximum absolute atomic E-state index is 13.3. The first-order chi connectivity index (χ1) is 8.01. The van der Waals surface area contributed by atoms with Crippen molar-refractivity contribution in [3.8, 4) is 0 Å². The molecule has 0 amide bonds. The minimum Gasteiger partial charge on any atom is -0.462 e. The van der Waals surface area contributed by atoms with E-state index in [1.807, 2.05) is 0 Å². The normalized spacial score (nSPS) is 10.7. The molecule has 1 aromatic rings. The molecule has 0 aliphatic rings. The van der Waals surface area contributed by atoms with Gasteiger partial charge in [0.25, 0.3) is 6.43 Å². The summed E-state index contributed by atoms with van der Waals surface area (Å²) in [6.45, 7) is 1.28. The molecule has 0 saturated heterocycles. The van der Waals surface area contributed by atoms with Gasteiger partial charge in [-0.3, -0.25) is 0 Å². The zero-order valence-corrected chi connectivity index (χ0v) is 9.04. The Hall–Kier alpha value is -1.63. The smallest absolute Gasteiger partial charge is 0.338 e. The molecule has 0 aromatic carbocycles. The van der Waals surface area contributed by atoms with Crippen molar-refractivity contribution >= 4 is 5.97 Å². The lowest BCUT2D eigenvalue weighted by molar-refractivity contribution is 0.0523. The van der Waals surface area contributed by atoms with Crippen LogP contribution in [-0.2, 0) is 11.3 Å². The molecule has 7 heteroatoms. The van der Waals surface area contributed by atoms with E-state index in [-0.39, 0.29) is 24.3 Å². The Bertz CT molecular complexity index is 424. The van der Waals surface area contributed by atoms with Crippen molar-refractivity contribution in [1.29, 1.82) is 0 Å². The van der Waals surface area contributed by atoms with Crippen LogP contribution < -0.4 is 5.73 Å². The topological polar surface area (TPSA) is 65.2 Å². The van der Waals surface area contributed by atoms with Crippen LogP contribution in [0.3, 0.4) is 0 Å². The summed E-state index contributed by atoms with van der Waals surface area (Å²) in [6.07, 6.45) is -2.97. The number of esters is 1. The zero-order valence-electron chi connectivity index (χ0n) is 9.04. The maximum atomic E-state index is 13.3. The van der Waals surface area contributed by atoms with Gasteiger partial charge < -0.3 is 10.5 Å². The van der Waals surface area contributed by atoms with Crippen molar-refractivity contribution in [3.63, 3.8) is 0 Å². The predicted octanol–water partition coefficient (Wildman–Crippen LogP) is 1.79. The summed E-state index contributed by atoms with van der Waals surface area (Å²) in [5.41, 5.74) is 3.88. The van der Waals surface area contributed by atoms with E-state index in [4.69, 9.17) is 5.73 Å². The Morgan fingerprint density at radius 2 is 2.24 bits per heavy atom. The van der Waals surface area contributed by atoms with Crippen molar-refractivity contribution in [1.82, 2.24) is 4.98 Å². The first-order valence-corrected chi connectivity index (χ1v) is 4.85. The summed E-state index contributed by atoms with van der Waals surface area (Å²) < 4.78 is 42.8. The molecule has 0 radical (unpaired) electrons. The maximum Gasteiger partial charge on any atom is 0.338 e. The molecule has 0 aliphatic heterocycles. The van der Waals surface area contributed by atoms with Gasteiger partial charge in [-0.05, 0) is 13.0 Å². The highest BCUT2D eigenvalue weighted by Crippen LogP contribution is 2.22. The van der Waals surface area contributed by atoms with Crippen molar-refractivity contribution in [2.45, 2.75) is 19.9 Å². The second-order valence-corrected chi connectivity index (χ2v) is 3.09. The van der Waals surface area contributed by atoms with Crippen LogP contribution in [-0.4, -0.2) is 17.6 Å². The number of hydrogen-bond acceptors (Lipinski definition) is 4. The summed E-state index contributed by atoms with van der Waals surface area (Å²) in [5.74, 6) is -2.07. The molecule has 0 bridgehead atoms. The molecule has 94 valence electrons. The molecule has 1 rings (SSSR count). The number of carbonyl (C=O) groups excluding carboxylic acids is 1. The van der Waals surface area contributed by atoms with Crippen molar-refractivity contribution in [2.24, 2.45) is 5.73 Å². The van der Waals surface area contributed by atoms with E-state index < -0.39 is 24.0 Å². The molecule has 17 heavy (non-hydrogen) atoms. The summed E-state index contributed by atoms with van der Waals surface area (Å²) in [4.78, 5) is 14.5. The van der Waals surface area contributed by atoms with Gasteiger partial charge in [-0.15, -0.1) is 0 Å². The Morgan fingerprint density at radius 3 is 2.71 bits per heavy atom. The van der Waals surface area contributed by atoms with Crippen molar-refractivity contribution in [2.75, 3.05) is 6.61 Å². The third-order valence-corrected chi connectivity index (χ3v) is 2.02. The number of ether oxygens (including phenoxy) is 1. The molecule has 0 atom stereocenters. The van der Waals surface area contributed by atoms with Crippen LogP contribution in [0.25, 0.3) is 0 Å². The second kappa shape index (κ2) is 5.62. The number of alkyl halides is 2. The van der Waals surface area contributed by atoms with Crippen LogP contribution in [0.15, 0.2) is 6.07 Å². The Morgan fingerprint density at radius 1 is 1.59 bits per heavy atom. The highest BCUT2D eigenvalue weighted by molar-refractivity contribution is 5.91. The van der Waals surface area contributed by atoms with E-state index >= 15 is 0 Å². The Balaban J connectivity index is 3.28. The Kier molecular flexibility index (Phi) is 4.45. The van der Waals surface area contributed by atoms with Gasteiger partial charge in [0.05, 0.1) is 12.2 Å². The van der Waals surface area contributed by atoms with E-state index in [2.05, 4.69) is 9.72 Å². The average molecular weight is 248 g/mol. The van der Waals surface area contributed by atoms with Crippen molar-refractivity contribution < 1.29 is 22.7 Å². The highest BCUT2D eigenvalue weighted by Gasteiger charge is 2.21. The first kappa shape index (κ1) is 13.4. The minimum atomic E-state index is -2.97. The molecule has 1 aromatic heterocycles. The summed E-state index contributed by atoms with van der Waals surface area (Å²) in [5, 5.41) is 0. The minimum absolute atomic E-state index is 0.0524. The standard InChI is InChI=1S/C10H11F3N2O2/c1-2-17-10(16)5-3-7(8(11)12)15-9(13)6(5)4-14/h3,8H,2,4,14H2,1H3. The van der Waals surface area contributed by atoms with Crippen LogP contribution in [0, 0.1) is 5.95 Å². The largest absolute Gasteiger partial charge is 0.462 e. The summed E-state index contributed by atoms with van der Waals surface area (Å²) in [6, 6.07) is 0.800. The number of nitrogens with zero attached hydrogens (tertiary/aromatic N) is 1. The van der Waals surface area contributed by atoms with E-state index in [0.717, 1.165) is 6.07 Å². The lowest BCUT2D eigenvalue weighted by Gasteiger charge is -2.09. The third kappa shape index (κ3) is 2.94. The second-order valence-electron chi connectivity index (χ2n) is 3.09. The highest BCUT2D eigenvalue weighted by atomic mass is 19.3. The molecule has 0 spiro atoms. The number of nitrogens with two attached hydrogens (primary N) is 1. The lowest BCUT2D eigenvalue weighted by atomic mass is 10.1. The average Bonchev–Trinajstić information content (AvgIpc) is 2.28. The van der Waals surface area contributed by atoms with Gasteiger partial charge in [0.2, 0.25) is 5.95 Å². The van der Waals surface area contributed by atoms with Gasteiger partial charge in [0.1, 0.15) is 5.69 Å². The molecule has 2 N–H and O–H groups in total. The van der Waals surface area contributed by atoms with Gasteiger partial charge >= 0.3 is 5.97 Å². The van der Waals surface area contributed by atoms with Gasteiger partial charge in [0, 0.05) is 12.1 Å². The van der Waals surface area contributed by atoms with Crippen LogP contribution in [0.1, 0.15) is 35.0 Å². The number of aromatic nitrogens is 1. The fraction of sp³-hybridized carbons (Fsp3) is 0.400. The molecule has 1 heterocycles. The first-order valence-electron chi connectivity index (χ1n) is 4.85. The van der Waals surface area contributed by atoms with Crippen molar-refractivity contribution in [3.05, 3.63) is 28.8 Å². The number of halogens is 3. The van der Waals surface area contributed by atoms with Crippen LogP contribution in [0.4, 0.5) is 13.2 Å². The summed E-state index contributed by atoms with van der Waals surface area (Å²) >= 11 is 0. The molecule has 0 fully saturated rings. The van der Waals surface area contributed by atoms with E-state index in [0.29, 0.717) is 0 Å². The molecular weight excluding hydrogens is 237 g/mol. The SMILES string of the molecule is CCOC(=O)c1cc(C(F)F)nc(F)c1CN. The fourth-order valence-corrected chi connectivity index (χ4v) is 1.26. The Labute approximate surface area is 95.6 Å². The monoisotopic (exact) mass is 248 g/mol. The molecular formula is C10H11F3N2O2. The molecule has 0 aliphatic carbocycles. The van der Waals surface area contributed by atoms with Gasteiger partial charge in [-0.2, -0.15) is 4.39 Å². The zero-order chi connectivity index (χ0) is 13.0. The third-order valence-electron chi connectivity index (χ3n) is 2.02. The summed E-state index contributed by atoms with van der Waals surface area (Å²) in [7, 11) is 0. The number of carbonyl (C=O) groups is 1. The van der Waals surface area contributed by atoms with Crippen LogP contribution in [0.5, 0.6) is 0 Å². The molecule has 0 unspecified atom stereocenters. The number of hydrogen-bond donors (Lipinski definition) is 1. The molecule has 0 saturated carbocycles.